The third-order valence-corrected chi connectivity index (χ3v) is 4.45. The van der Waals surface area contributed by atoms with Crippen LogP contribution in [-0.4, -0.2) is 27.2 Å². The van der Waals surface area contributed by atoms with E-state index in [4.69, 9.17) is 23.2 Å². The maximum absolute atomic E-state index is 12.4. The highest BCUT2D eigenvalue weighted by atomic mass is 35.5. The molecule has 3 rings (SSSR count). The fourth-order valence-corrected chi connectivity index (χ4v) is 2.70. The maximum Gasteiger partial charge on any atom is 0.292 e. The summed E-state index contributed by atoms with van der Waals surface area (Å²) in [6.07, 6.45) is 3.29. The SMILES string of the molecule is Cc1ccc(NC(=O)CCNc2cnn(-c3ccc(Cl)cc3)c(=O)c2Cl)nc1. The highest BCUT2D eigenvalue weighted by Crippen LogP contribution is 2.17. The van der Waals surface area contributed by atoms with Gasteiger partial charge in [-0.15, -0.1) is 0 Å². The van der Waals surface area contributed by atoms with Gasteiger partial charge in [0.2, 0.25) is 5.91 Å². The number of aromatic nitrogens is 3. The molecule has 0 saturated heterocycles. The Labute approximate surface area is 171 Å². The molecule has 9 heteroatoms. The number of anilines is 2. The van der Waals surface area contributed by atoms with Crippen molar-refractivity contribution < 1.29 is 4.79 Å². The number of amides is 1. The van der Waals surface area contributed by atoms with Gasteiger partial charge < -0.3 is 10.6 Å². The predicted molar refractivity (Wildman–Crippen MR) is 111 cm³/mol. The Kier molecular flexibility index (Phi) is 6.28. The van der Waals surface area contributed by atoms with Crippen molar-refractivity contribution in [2.45, 2.75) is 13.3 Å². The second-order valence-electron chi connectivity index (χ2n) is 6.01. The number of nitrogens with one attached hydrogen (secondary N) is 2. The van der Waals surface area contributed by atoms with Crippen LogP contribution in [-0.2, 0) is 4.79 Å². The van der Waals surface area contributed by atoms with E-state index in [9.17, 15) is 9.59 Å². The Hall–Kier alpha value is -2.90. The molecule has 2 N–H and O–H groups in total. The minimum Gasteiger partial charge on any atom is -0.382 e. The van der Waals surface area contributed by atoms with Gasteiger partial charge in [-0.25, -0.2) is 4.98 Å². The monoisotopic (exact) mass is 417 g/mol. The van der Waals surface area contributed by atoms with Crippen LogP contribution >= 0.6 is 23.2 Å². The molecule has 0 bridgehead atoms. The lowest BCUT2D eigenvalue weighted by atomic mass is 10.3. The molecule has 2 heterocycles. The van der Waals surface area contributed by atoms with Crippen molar-refractivity contribution in [2.75, 3.05) is 17.2 Å². The summed E-state index contributed by atoms with van der Waals surface area (Å²) in [5, 5.41) is 10.3. The second kappa shape index (κ2) is 8.86. The molecule has 1 aromatic carbocycles. The first kappa shape index (κ1) is 19.9. The standard InChI is InChI=1S/C19H17Cl2N5O2/c1-12-2-7-16(23-10-12)25-17(27)8-9-22-15-11-24-26(19(28)18(15)21)14-5-3-13(20)4-6-14/h2-7,10-11,22H,8-9H2,1H3,(H,23,25,27). The van der Waals surface area contributed by atoms with Crippen molar-refractivity contribution in [3.8, 4) is 5.69 Å². The van der Waals surface area contributed by atoms with E-state index in [-0.39, 0.29) is 23.9 Å². The van der Waals surface area contributed by atoms with Crippen molar-refractivity contribution in [2.24, 2.45) is 0 Å². The van der Waals surface area contributed by atoms with Crippen LogP contribution in [0.5, 0.6) is 0 Å². The molecule has 0 aliphatic heterocycles. The summed E-state index contributed by atoms with van der Waals surface area (Å²) in [4.78, 5) is 28.6. The summed E-state index contributed by atoms with van der Waals surface area (Å²) < 4.78 is 1.18. The first-order chi connectivity index (χ1) is 13.4. The van der Waals surface area contributed by atoms with Crippen LogP contribution in [0.25, 0.3) is 5.69 Å². The average molecular weight is 418 g/mol. The quantitative estimate of drug-likeness (QED) is 0.638. The molecule has 1 amide bonds. The molecule has 0 aliphatic rings. The Bertz CT molecular complexity index is 1030. The molecule has 0 radical (unpaired) electrons. The molecule has 3 aromatic rings. The fraction of sp³-hybridized carbons (Fsp3) is 0.158. The topological polar surface area (TPSA) is 88.9 Å². The van der Waals surface area contributed by atoms with Gasteiger partial charge in [-0.1, -0.05) is 29.3 Å². The maximum atomic E-state index is 12.4. The highest BCUT2D eigenvalue weighted by molar-refractivity contribution is 6.33. The minimum absolute atomic E-state index is 0.00874. The van der Waals surface area contributed by atoms with Gasteiger partial charge >= 0.3 is 0 Å². The number of nitrogens with zero attached hydrogens (tertiary/aromatic N) is 3. The van der Waals surface area contributed by atoms with E-state index >= 15 is 0 Å². The number of carbonyl (C=O) groups excluding carboxylic acids is 1. The van der Waals surface area contributed by atoms with Crippen LogP contribution in [0.15, 0.2) is 53.6 Å². The summed E-state index contributed by atoms with van der Waals surface area (Å²) in [6, 6.07) is 10.3. The van der Waals surface area contributed by atoms with Gasteiger partial charge in [-0.2, -0.15) is 9.78 Å². The molecule has 0 atom stereocenters. The summed E-state index contributed by atoms with van der Waals surface area (Å²) in [5.74, 6) is 0.281. The van der Waals surface area contributed by atoms with Gasteiger partial charge in [0, 0.05) is 24.2 Å². The van der Waals surface area contributed by atoms with E-state index in [1.165, 1.54) is 10.9 Å². The first-order valence-electron chi connectivity index (χ1n) is 8.44. The molecular weight excluding hydrogens is 401 g/mol. The van der Waals surface area contributed by atoms with Gasteiger partial charge in [0.25, 0.3) is 5.56 Å². The zero-order valence-electron chi connectivity index (χ0n) is 14.9. The molecule has 0 unspecified atom stereocenters. The molecule has 28 heavy (non-hydrogen) atoms. The zero-order chi connectivity index (χ0) is 20.1. The van der Waals surface area contributed by atoms with Crippen LogP contribution in [0.4, 0.5) is 11.5 Å². The van der Waals surface area contributed by atoms with Crippen LogP contribution in [0.3, 0.4) is 0 Å². The van der Waals surface area contributed by atoms with Crippen molar-refractivity contribution in [3.05, 3.63) is 74.8 Å². The summed E-state index contributed by atoms with van der Waals surface area (Å²) >= 11 is 12.0. The molecule has 0 saturated carbocycles. The zero-order valence-corrected chi connectivity index (χ0v) is 16.5. The molecule has 7 nitrogen and oxygen atoms in total. The third-order valence-electron chi connectivity index (χ3n) is 3.84. The van der Waals surface area contributed by atoms with Gasteiger partial charge in [0.05, 0.1) is 17.6 Å². The summed E-state index contributed by atoms with van der Waals surface area (Å²) in [5.41, 5.74) is 1.45. The molecule has 2 aromatic heterocycles. The summed E-state index contributed by atoms with van der Waals surface area (Å²) in [6.45, 7) is 2.20. The van der Waals surface area contributed by atoms with Gasteiger partial charge in [0.15, 0.2) is 0 Å². The van der Waals surface area contributed by atoms with Crippen molar-refractivity contribution >= 4 is 40.6 Å². The number of aryl methyl sites for hydroxylation is 1. The lowest BCUT2D eigenvalue weighted by Crippen LogP contribution is -2.23. The van der Waals surface area contributed by atoms with Crippen LogP contribution in [0.2, 0.25) is 10.0 Å². The average Bonchev–Trinajstić information content (AvgIpc) is 2.68. The number of halogens is 2. The van der Waals surface area contributed by atoms with E-state index in [1.807, 2.05) is 13.0 Å². The van der Waals surface area contributed by atoms with E-state index in [2.05, 4.69) is 20.7 Å². The van der Waals surface area contributed by atoms with Crippen LogP contribution in [0.1, 0.15) is 12.0 Å². The summed E-state index contributed by atoms with van der Waals surface area (Å²) in [7, 11) is 0. The van der Waals surface area contributed by atoms with E-state index < -0.39 is 5.56 Å². The van der Waals surface area contributed by atoms with Gasteiger partial charge in [-0.3, -0.25) is 9.59 Å². The Morgan fingerprint density at radius 3 is 2.54 bits per heavy atom. The minimum atomic E-state index is -0.470. The largest absolute Gasteiger partial charge is 0.382 e. The van der Waals surface area contributed by atoms with E-state index in [0.717, 1.165) is 5.56 Å². The Morgan fingerprint density at radius 1 is 1.11 bits per heavy atom. The Morgan fingerprint density at radius 2 is 1.86 bits per heavy atom. The molecule has 0 fully saturated rings. The Balaban J connectivity index is 1.61. The number of carbonyl (C=O) groups is 1. The number of hydrogen-bond acceptors (Lipinski definition) is 5. The van der Waals surface area contributed by atoms with Gasteiger partial charge in [0.1, 0.15) is 10.8 Å². The first-order valence-corrected chi connectivity index (χ1v) is 9.20. The molecular formula is C19H17Cl2N5O2. The predicted octanol–water partition coefficient (Wildman–Crippen LogP) is 3.68. The second-order valence-corrected chi connectivity index (χ2v) is 6.83. The molecule has 144 valence electrons. The van der Waals surface area contributed by atoms with Crippen molar-refractivity contribution in [1.82, 2.24) is 14.8 Å². The number of pyridine rings is 1. The third kappa shape index (κ3) is 4.88. The number of hydrogen-bond donors (Lipinski definition) is 2. The van der Waals surface area contributed by atoms with Crippen LogP contribution in [0, 0.1) is 6.92 Å². The highest BCUT2D eigenvalue weighted by Gasteiger charge is 2.11. The lowest BCUT2D eigenvalue weighted by molar-refractivity contribution is -0.116. The van der Waals surface area contributed by atoms with Crippen molar-refractivity contribution in [1.29, 1.82) is 0 Å². The lowest BCUT2D eigenvalue weighted by Gasteiger charge is -2.10. The van der Waals surface area contributed by atoms with Crippen molar-refractivity contribution in [3.63, 3.8) is 0 Å². The van der Waals surface area contributed by atoms with Crippen LogP contribution < -0.4 is 16.2 Å². The van der Waals surface area contributed by atoms with E-state index in [0.29, 0.717) is 22.2 Å². The fourth-order valence-electron chi connectivity index (χ4n) is 2.38. The number of benzene rings is 1. The molecule has 0 spiro atoms. The molecule has 0 aliphatic carbocycles. The number of rotatable bonds is 6. The normalized spacial score (nSPS) is 10.5. The van der Waals surface area contributed by atoms with Gasteiger partial charge in [-0.05, 0) is 42.8 Å². The van der Waals surface area contributed by atoms with E-state index in [1.54, 1.807) is 36.5 Å². The smallest absolute Gasteiger partial charge is 0.292 e.